The van der Waals surface area contributed by atoms with Gasteiger partial charge in [-0.2, -0.15) is 0 Å². The fraction of sp³-hybridized carbons (Fsp3) is 0.588. The summed E-state index contributed by atoms with van der Waals surface area (Å²) in [5, 5.41) is 6.23. The fourth-order valence-corrected chi connectivity index (χ4v) is 2.65. The molecule has 0 aliphatic carbocycles. The first kappa shape index (κ1) is 16.8. The van der Waals surface area contributed by atoms with Gasteiger partial charge >= 0.3 is 0 Å². The Hall–Kier alpha value is -1.59. The van der Waals surface area contributed by atoms with Crippen molar-refractivity contribution in [3.63, 3.8) is 0 Å². The predicted octanol–water partition coefficient (Wildman–Crippen LogP) is 1.32. The van der Waals surface area contributed by atoms with E-state index >= 15 is 0 Å². The van der Waals surface area contributed by atoms with Crippen LogP contribution in [-0.4, -0.2) is 51.3 Å². The highest BCUT2D eigenvalue weighted by atomic mass is 16.5. The van der Waals surface area contributed by atoms with Crippen LogP contribution in [0.4, 0.5) is 5.69 Å². The Labute approximate surface area is 133 Å². The maximum absolute atomic E-state index is 11.9. The summed E-state index contributed by atoms with van der Waals surface area (Å²) in [5.74, 6) is 0.0639. The van der Waals surface area contributed by atoms with Crippen molar-refractivity contribution in [2.24, 2.45) is 0 Å². The van der Waals surface area contributed by atoms with Crippen molar-refractivity contribution < 1.29 is 9.53 Å². The molecule has 1 amide bonds. The second kappa shape index (κ2) is 8.76. The Morgan fingerprint density at radius 1 is 1.50 bits per heavy atom. The van der Waals surface area contributed by atoms with Gasteiger partial charge in [-0.05, 0) is 31.5 Å². The van der Waals surface area contributed by atoms with Crippen molar-refractivity contribution in [3.8, 4) is 0 Å². The Morgan fingerprint density at radius 2 is 2.36 bits per heavy atom. The van der Waals surface area contributed by atoms with Crippen LogP contribution in [0.25, 0.3) is 0 Å². The molecule has 1 aromatic rings. The number of likely N-dealkylation sites (N-methyl/N-ethyl adjacent to an activating group) is 1. The van der Waals surface area contributed by atoms with Crippen LogP contribution in [0.15, 0.2) is 24.3 Å². The van der Waals surface area contributed by atoms with E-state index in [9.17, 15) is 4.79 Å². The standard InChI is InChI=1S/C17H27N3O2/c1-3-20(15-6-4-5-14(2)11-15)9-7-19-17(21)12-16-13-18-8-10-22-16/h4-6,11,16,18H,3,7-10,12-13H2,1-2H3,(H,19,21)/t16-/m1/s1. The number of amides is 1. The number of benzene rings is 1. The van der Waals surface area contributed by atoms with Crippen LogP contribution in [0.2, 0.25) is 0 Å². The van der Waals surface area contributed by atoms with Crippen LogP contribution in [0.3, 0.4) is 0 Å². The first-order valence-electron chi connectivity index (χ1n) is 8.09. The molecule has 5 heteroatoms. The summed E-state index contributed by atoms with van der Waals surface area (Å²) >= 11 is 0. The maximum Gasteiger partial charge on any atom is 0.222 e. The third-order valence-corrected chi connectivity index (χ3v) is 3.87. The van der Waals surface area contributed by atoms with Gasteiger partial charge in [-0.1, -0.05) is 12.1 Å². The molecule has 0 aromatic heterocycles. The molecule has 1 aliphatic rings. The average Bonchev–Trinajstić information content (AvgIpc) is 2.52. The van der Waals surface area contributed by atoms with Gasteiger partial charge in [-0.25, -0.2) is 0 Å². The summed E-state index contributed by atoms with van der Waals surface area (Å²) in [6.45, 7) is 8.95. The molecule has 122 valence electrons. The van der Waals surface area contributed by atoms with Gasteiger partial charge in [0.05, 0.1) is 19.1 Å². The van der Waals surface area contributed by atoms with E-state index < -0.39 is 0 Å². The lowest BCUT2D eigenvalue weighted by Gasteiger charge is -2.25. The lowest BCUT2D eigenvalue weighted by Crippen LogP contribution is -2.42. The number of hydrogen-bond donors (Lipinski definition) is 2. The van der Waals surface area contributed by atoms with E-state index in [1.807, 2.05) is 0 Å². The van der Waals surface area contributed by atoms with E-state index in [2.05, 4.69) is 53.6 Å². The van der Waals surface area contributed by atoms with E-state index in [0.29, 0.717) is 19.6 Å². The largest absolute Gasteiger partial charge is 0.375 e. The zero-order valence-corrected chi connectivity index (χ0v) is 13.6. The average molecular weight is 305 g/mol. The molecular weight excluding hydrogens is 278 g/mol. The minimum absolute atomic E-state index is 0.00722. The molecule has 0 radical (unpaired) electrons. The van der Waals surface area contributed by atoms with E-state index in [1.165, 1.54) is 11.3 Å². The van der Waals surface area contributed by atoms with Crippen molar-refractivity contribution in [1.29, 1.82) is 0 Å². The highest BCUT2D eigenvalue weighted by molar-refractivity contribution is 5.76. The fourth-order valence-electron chi connectivity index (χ4n) is 2.65. The van der Waals surface area contributed by atoms with Crippen LogP contribution >= 0.6 is 0 Å². The van der Waals surface area contributed by atoms with Crippen molar-refractivity contribution >= 4 is 11.6 Å². The van der Waals surface area contributed by atoms with Gasteiger partial charge in [0.2, 0.25) is 5.91 Å². The summed E-state index contributed by atoms with van der Waals surface area (Å²) in [6.07, 6.45) is 0.441. The Kier molecular flexibility index (Phi) is 6.68. The predicted molar refractivity (Wildman–Crippen MR) is 89.3 cm³/mol. The summed E-state index contributed by atoms with van der Waals surface area (Å²) in [6, 6.07) is 8.45. The Morgan fingerprint density at radius 3 is 3.05 bits per heavy atom. The van der Waals surface area contributed by atoms with Gasteiger partial charge in [0, 0.05) is 38.4 Å². The molecular formula is C17H27N3O2. The molecule has 0 spiro atoms. The minimum atomic E-state index is 0.00722. The molecule has 1 fully saturated rings. The van der Waals surface area contributed by atoms with Gasteiger partial charge in [0.15, 0.2) is 0 Å². The number of aryl methyl sites for hydroxylation is 1. The first-order valence-corrected chi connectivity index (χ1v) is 8.09. The summed E-state index contributed by atoms with van der Waals surface area (Å²) in [4.78, 5) is 14.2. The molecule has 1 aliphatic heterocycles. The zero-order valence-electron chi connectivity index (χ0n) is 13.6. The van der Waals surface area contributed by atoms with E-state index in [0.717, 1.165) is 26.2 Å². The van der Waals surface area contributed by atoms with E-state index in [-0.39, 0.29) is 12.0 Å². The quantitative estimate of drug-likeness (QED) is 0.798. The molecule has 1 atom stereocenters. The topological polar surface area (TPSA) is 53.6 Å². The van der Waals surface area contributed by atoms with Gasteiger partial charge in [-0.15, -0.1) is 0 Å². The second-order valence-corrected chi connectivity index (χ2v) is 5.67. The van der Waals surface area contributed by atoms with Crippen LogP contribution in [0, 0.1) is 6.92 Å². The van der Waals surface area contributed by atoms with E-state index in [1.54, 1.807) is 0 Å². The number of nitrogens with one attached hydrogen (secondary N) is 2. The zero-order chi connectivity index (χ0) is 15.8. The van der Waals surface area contributed by atoms with Crippen LogP contribution < -0.4 is 15.5 Å². The molecule has 5 nitrogen and oxygen atoms in total. The number of carbonyl (C=O) groups is 1. The van der Waals surface area contributed by atoms with Crippen molar-refractivity contribution in [1.82, 2.24) is 10.6 Å². The molecule has 1 heterocycles. The lowest BCUT2D eigenvalue weighted by molar-refractivity contribution is -0.124. The summed E-state index contributed by atoms with van der Waals surface area (Å²) < 4.78 is 5.55. The lowest BCUT2D eigenvalue weighted by atomic mass is 10.2. The molecule has 2 N–H and O–H groups in total. The van der Waals surface area contributed by atoms with Gasteiger partial charge in [0.25, 0.3) is 0 Å². The number of ether oxygens (including phenoxy) is 1. The van der Waals surface area contributed by atoms with Crippen molar-refractivity contribution in [3.05, 3.63) is 29.8 Å². The highest BCUT2D eigenvalue weighted by Crippen LogP contribution is 2.15. The number of morpholine rings is 1. The molecule has 1 aromatic carbocycles. The minimum Gasteiger partial charge on any atom is -0.375 e. The van der Waals surface area contributed by atoms with Crippen LogP contribution in [-0.2, 0) is 9.53 Å². The molecule has 0 unspecified atom stereocenters. The monoisotopic (exact) mass is 305 g/mol. The smallest absolute Gasteiger partial charge is 0.222 e. The Balaban J connectivity index is 1.72. The maximum atomic E-state index is 11.9. The van der Waals surface area contributed by atoms with E-state index in [4.69, 9.17) is 4.74 Å². The third kappa shape index (κ3) is 5.31. The van der Waals surface area contributed by atoms with Gasteiger partial charge < -0.3 is 20.3 Å². The number of hydrogen-bond acceptors (Lipinski definition) is 4. The summed E-state index contributed by atoms with van der Waals surface area (Å²) in [7, 11) is 0. The van der Waals surface area contributed by atoms with Gasteiger partial charge in [-0.3, -0.25) is 4.79 Å². The number of rotatable bonds is 7. The van der Waals surface area contributed by atoms with Gasteiger partial charge in [0.1, 0.15) is 0 Å². The number of carbonyl (C=O) groups excluding carboxylic acids is 1. The molecule has 0 bridgehead atoms. The normalized spacial score (nSPS) is 18.0. The molecule has 22 heavy (non-hydrogen) atoms. The number of nitrogens with zero attached hydrogens (tertiary/aromatic N) is 1. The molecule has 0 saturated carbocycles. The summed E-state index contributed by atoms with van der Waals surface area (Å²) in [5.41, 5.74) is 2.46. The third-order valence-electron chi connectivity index (χ3n) is 3.87. The van der Waals surface area contributed by atoms with Crippen molar-refractivity contribution in [2.75, 3.05) is 44.2 Å². The second-order valence-electron chi connectivity index (χ2n) is 5.67. The van der Waals surface area contributed by atoms with Crippen LogP contribution in [0.5, 0.6) is 0 Å². The van der Waals surface area contributed by atoms with Crippen LogP contribution in [0.1, 0.15) is 18.9 Å². The number of anilines is 1. The molecule has 2 rings (SSSR count). The molecule has 1 saturated heterocycles. The highest BCUT2D eigenvalue weighted by Gasteiger charge is 2.17. The Bertz CT molecular complexity index is 473. The first-order chi connectivity index (χ1) is 10.7. The SMILES string of the molecule is CCN(CCNC(=O)C[C@@H]1CNCCO1)c1cccc(C)c1. The van der Waals surface area contributed by atoms with Crippen molar-refractivity contribution in [2.45, 2.75) is 26.4 Å².